The number of carbonyl (C=O) groups is 1. The molecular formula is C30H20O. The Kier molecular flexibility index (Phi) is 3.91. The molecule has 0 bridgehead atoms. The summed E-state index contributed by atoms with van der Waals surface area (Å²) in [6.45, 7) is 0. The van der Waals surface area contributed by atoms with Crippen LogP contribution >= 0.6 is 0 Å². The molecule has 0 saturated carbocycles. The van der Waals surface area contributed by atoms with Crippen LogP contribution in [0.5, 0.6) is 0 Å². The summed E-state index contributed by atoms with van der Waals surface area (Å²) in [6.07, 6.45) is 3.88. The quantitative estimate of drug-likeness (QED) is 0.368. The first kappa shape index (κ1) is 17.9. The predicted octanol–water partition coefficient (Wildman–Crippen LogP) is 6.70. The molecule has 0 saturated heterocycles. The van der Waals surface area contributed by atoms with Crippen molar-refractivity contribution in [3.05, 3.63) is 155 Å². The van der Waals surface area contributed by atoms with Gasteiger partial charge in [-0.3, -0.25) is 4.79 Å². The minimum Gasteiger partial charge on any atom is -0.289 e. The predicted molar refractivity (Wildman–Crippen MR) is 126 cm³/mol. The van der Waals surface area contributed by atoms with Crippen LogP contribution in [0.2, 0.25) is 0 Å². The number of fused-ring (bicyclic) bond motifs is 4. The number of hydrogen-bond acceptors (Lipinski definition) is 1. The van der Waals surface area contributed by atoms with Crippen molar-refractivity contribution in [2.75, 3.05) is 0 Å². The molecule has 1 spiro atoms. The molecule has 0 amide bonds. The fourth-order valence-electron chi connectivity index (χ4n) is 5.27. The molecule has 0 aliphatic heterocycles. The van der Waals surface area contributed by atoms with E-state index in [1.807, 2.05) is 18.2 Å². The molecule has 4 aromatic carbocycles. The molecule has 0 radical (unpaired) electrons. The number of hydrogen-bond donors (Lipinski definition) is 0. The Morgan fingerprint density at radius 1 is 0.516 bits per heavy atom. The van der Waals surface area contributed by atoms with E-state index >= 15 is 0 Å². The molecule has 146 valence electrons. The Balaban J connectivity index is 1.81. The molecule has 0 N–H and O–H groups in total. The molecule has 31 heavy (non-hydrogen) atoms. The second-order valence-electron chi connectivity index (χ2n) is 8.08. The summed E-state index contributed by atoms with van der Waals surface area (Å²) in [7, 11) is 0. The monoisotopic (exact) mass is 396 g/mol. The third kappa shape index (κ3) is 2.47. The maximum atomic E-state index is 12.8. The number of benzene rings is 4. The maximum Gasteiger partial charge on any atom is 0.185 e. The summed E-state index contributed by atoms with van der Waals surface area (Å²) in [5, 5.41) is 0. The van der Waals surface area contributed by atoms with Gasteiger partial charge in [0.25, 0.3) is 0 Å². The number of allylic oxidation sites excluding steroid dienone is 3. The van der Waals surface area contributed by atoms with Gasteiger partial charge in [-0.15, -0.1) is 0 Å². The van der Waals surface area contributed by atoms with Crippen LogP contribution in [0.25, 0.3) is 11.1 Å². The molecule has 1 atom stereocenters. The molecule has 1 nitrogen and oxygen atoms in total. The van der Waals surface area contributed by atoms with E-state index in [4.69, 9.17) is 0 Å². The SMILES string of the molecule is O=C1C=CC2(C(c3ccccc3)=C(c3ccccc3)c3ccccc32)c2ccccc21. The lowest BCUT2D eigenvalue weighted by atomic mass is 9.65. The highest BCUT2D eigenvalue weighted by molar-refractivity contribution is 6.15. The molecule has 0 heterocycles. The van der Waals surface area contributed by atoms with Gasteiger partial charge < -0.3 is 0 Å². The van der Waals surface area contributed by atoms with Crippen molar-refractivity contribution in [3.63, 3.8) is 0 Å². The Morgan fingerprint density at radius 3 is 1.71 bits per heavy atom. The topological polar surface area (TPSA) is 17.1 Å². The maximum absolute atomic E-state index is 12.8. The van der Waals surface area contributed by atoms with E-state index in [1.165, 1.54) is 33.4 Å². The fraction of sp³-hybridized carbons (Fsp3) is 0.0333. The summed E-state index contributed by atoms with van der Waals surface area (Å²) >= 11 is 0. The largest absolute Gasteiger partial charge is 0.289 e. The third-order valence-electron chi connectivity index (χ3n) is 6.49. The van der Waals surface area contributed by atoms with Crippen molar-refractivity contribution in [2.24, 2.45) is 0 Å². The number of ketones is 1. The van der Waals surface area contributed by atoms with Gasteiger partial charge in [0.2, 0.25) is 0 Å². The van der Waals surface area contributed by atoms with Gasteiger partial charge >= 0.3 is 0 Å². The van der Waals surface area contributed by atoms with Crippen LogP contribution in [-0.2, 0) is 5.41 Å². The van der Waals surface area contributed by atoms with Gasteiger partial charge in [-0.2, -0.15) is 0 Å². The Labute approximate surface area is 182 Å². The van der Waals surface area contributed by atoms with Gasteiger partial charge in [0, 0.05) is 5.56 Å². The first-order valence-electron chi connectivity index (χ1n) is 10.6. The van der Waals surface area contributed by atoms with E-state index in [9.17, 15) is 4.79 Å². The van der Waals surface area contributed by atoms with Crippen molar-refractivity contribution in [1.29, 1.82) is 0 Å². The summed E-state index contributed by atoms with van der Waals surface area (Å²) in [5.74, 6) is 0.0688. The summed E-state index contributed by atoms with van der Waals surface area (Å²) in [5.41, 5.74) is 8.61. The Hall–Kier alpha value is -3.97. The summed E-state index contributed by atoms with van der Waals surface area (Å²) < 4.78 is 0. The lowest BCUT2D eigenvalue weighted by molar-refractivity contribution is 0.104. The van der Waals surface area contributed by atoms with Crippen LogP contribution in [-0.4, -0.2) is 5.78 Å². The second-order valence-corrected chi connectivity index (χ2v) is 8.08. The van der Waals surface area contributed by atoms with Crippen LogP contribution in [0, 0.1) is 0 Å². The summed E-state index contributed by atoms with van der Waals surface area (Å²) in [4.78, 5) is 12.8. The van der Waals surface area contributed by atoms with Crippen molar-refractivity contribution in [2.45, 2.75) is 5.41 Å². The lowest BCUT2D eigenvalue weighted by Crippen LogP contribution is -2.30. The second kappa shape index (κ2) is 6.78. The van der Waals surface area contributed by atoms with E-state index in [2.05, 4.69) is 97.1 Å². The highest BCUT2D eigenvalue weighted by atomic mass is 16.1. The van der Waals surface area contributed by atoms with Crippen molar-refractivity contribution in [3.8, 4) is 0 Å². The highest BCUT2D eigenvalue weighted by Gasteiger charge is 2.48. The molecule has 1 unspecified atom stereocenters. The minimum atomic E-state index is -0.506. The molecular weight excluding hydrogens is 376 g/mol. The van der Waals surface area contributed by atoms with Gasteiger partial charge in [0.1, 0.15) is 0 Å². The van der Waals surface area contributed by atoms with Crippen molar-refractivity contribution in [1.82, 2.24) is 0 Å². The molecule has 4 aromatic rings. The molecule has 6 rings (SSSR count). The van der Waals surface area contributed by atoms with Crippen LogP contribution in [0.15, 0.2) is 121 Å². The van der Waals surface area contributed by atoms with Crippen LogP contribution in [0.3, 0.4) is 0 Å². The standard InChI is InChI=1S/C30H20O/c31-27-19-20-30(25-17-9-7-15-23(25)27)26-18-10-8-16-24(26)28(21-11-3-1-4-12-21)29(30)22-13-5-2-6-14-22/h1-20H. The minimum absolute atomic E-state index is 0.0688. The smallest absolute Gasteiger partial charge is 0.185 e. The Morgan fingerprint density at radius 2 is 1.03 bits per heavy atom. The fourth-order valence-corrected chi connectivity index (χ4v) is 5.27. The third-order valence-corrected chi connectivity index (χ3v) is 6.49. The molecule has 1 heteroatoms. The van der Waals surface area contributed by atoms with E-state index in [-0.39, 0.29) is 5.78 Å². The van der Waals surface area contributed by atoms with Crippen LogP contribution in [0.1, 0.15) is 38.2 Å². The molecule has 0 aromatic heterocycles. The number of carbonyl (C=O) groups excluding carboxylic acids is 1. The zero-order chi connectivity index (χ0) is 20.8. The number of rotatable bonds is 2. The average Bonchev–Trinajstić information content (AvgIpc) is 3.14. The van der Waals surface area contributed by atoms with E-state index in [1.54, 1.807) is 6.08 Å². The van der Waals surface area contributed by atoms with Gasteiger partial charge in [0.05, 0.1) is 5.41 Å². The molecule has 2 aliphatic carbocycles. The van der Waals surface area contributed by atoms with Crippen LogP contribution in [0.4, 0.5) is 0 Å². The lowest BCUT2D eigenvalue weighted by Gasteiger charge is -2.35. The zero-order valence-electron chi connectivity index (χ0n) is 17.0. The normalized spacial score (nSPS) is 18.9. The Bertz CT molecular complexity index is 1380. The van der Waals surface area contributed by atoms with E-state index in [0.29, 0.717) is 0 Å². The van der Waals surface area contributed by atoms with Crippen molar-refractivity contribution >= 4 is 16.9 Å². The first-order chi connectivity index (χ1) is 15.3. The van der Waals surface area contributed by atoms with Gasteiger partial charge in [-0.1, -0.05) is 115 Å². The van der Waals surface area contributed by atoms with E-state index < -0.39 is 5.41 Å². The first-order valence-corrected chi connectivity index (χ1v) is 10.6. The van der Waals surface area contributed by atoms with Gasteiger partial charge in [-0.05, 0) is 45.0 Å². The average molecular weight is 396 g/mol. The van der Waals surface area contributed by atoms with Gasteiger partial charge in [0.15, 0.2) is 5.78 Å². The molecule has 0 fully saturated rings. The van der Waals surface area contributed by atoms with Crippen molar-refractivity contribution < 1.29 is 4.79 Å². The highest BCUT2D eigenvalue weighted by Crippen LogP contribution is 2.58. The molecule has 2 aliphatic rings. The van der Waals surface area contributed by atoms with Gasteiger partial charge in [-0.25, -0.2) is 0 Å². The summed E-state index contributed by atoms with van der Waals surface area (Å²) in [6, 6.07) is 37.9. The van der Waals surface area contributed by atoms with E-state index in [0.717, 1.165) is 11.1 Å². The zero-order valence-corrected chi connectivity index (χ0v) is 17.0. The van der Waals surface area contributed by atoms with Crippen LogP contribution < -0.4 is 0 Å².